The number of nitrogens with one attached hydrogen (secondary N) is 2. The van der Waals surface area contributed by atoms with Gasteiger partial charge in [-0.1, -0.05) is 12.1 Å². The molecule has 1 aliphatic rings. The second kappa shape index (κ2) is 6.34. The van der Waals surface area contributed by atoms with Crippen molar-refractivity contribution < 1.29 is 18.8 Å². The summed E-state index contributed by atoms with van der Waals surface area (Å²) in [6.07, 6.45) is 0.853. The molecule has 6 nitrogen and oxygen atoms in total. The molecule has 0 aliphatic carbocycles. The first kappa shape index (κ1) is 15.0. The Labute approximate surface area is 120 Å². The molecule has 0 saturated carbocycles. The van der Waals surface area contributed by atoms with Crippen LogP contribution >= 0.6 is 0 Å². The second-order valence-electron chi connectivity index (χ2n) is 4.95. The lowest BCUT2D eigenvalue weighted by Crippen LogP contribution is -2.51. The quantitative estimate of drug-likeness (QED) is 0.689. The van der Waals surface area contributed by atoms with Crippen LogP contribution in [-0.4, -0.2) is 29.8 Å². The van der Waals surface area contributed by atoms with E-state index in [1.165, 1.54) is 24.3 Å². The smallest absolute Gasteiger partial charge is 0.243 e. The van der Waals surface area contributed by atoms with E-state index in [4.69, 9.17) is 5.73 Å². The molecule has 2 atom stereocenters. The Bertz CT molecular complexity index is 559. The first-order valence-corrected chi connectivity index (χ1v) is 6.59. The molecule has 21 heavy (non-hydrogen) atoms. The summed E-state index contributed by atoms with van der Waals surface area (Å²) in [4.78, 5) is 34.5. The molecular weight excluding hydrogens is 277 g/mol. The van der Waals surface area contributed by atoms with Gasteiger partial charge in [-0.25, -0.2) is 4.39 Å². The van der Waals surface area contributed by atoms with Gasteiger partial charge in [0, 0.05) is 12.8 Å². The Morgan fingerprint density at radius 1 is 1.38 bits per heavy atom. The van der Waals surface area contributed by atoms with Gasteiger partial charge < -0.3 is 16.4 Å². The van der Waals surface area contributed by atoms with E-state index >= 15 is 0 Å². The average molecular weight is 293 g/mol. The molecule has 0 aromatic heterocycles. The maximum Gasteiger partial charge on any atom is 0.243 e. The van der Waals surface area contributed by atoms with Gasteiger partial charge in [-0.3, -0.25) is 14.4 Å². The minimum atomic E-state index is -0.902. The van der Waals surface area contributed by atoms with Crippen LogP contribution in [0.25, 0.3) is 0 Å². The Balaban J connectivity index is 1.99. The van der Waals surface area contributed by atoms with E-state index in [9.17, 15) is 18.8 Å². The minimum Gasteiger partial charge on any atom is -0.368 e. The maximum atomic E-state index is 12.8. The minimum absolute atomic E-state index is 0.169. The summed E-state index contributed by atoms with van der Waals surface area (Å²) in [5.74, 6) is -1.69. The number of benzene rings is 1. The predicted molar refractivity (Wildman–Crippen MR) is 72.4 cm³/mol. The molecule has 0 radical (unpaired) electrons. The van der Waals surface area contributed by atoms with Crippen LogP contribution in [-0.2, 0) is 20.8 Å². The van der Waals surface area contributed by atoms with Crippen molar-refractivity contribution in [1.29, 1.82) is 0 Å². The van der Waals surface area contributed by atoms with Crippen LogP contribution in [0.3, 0.4) is 0 Å². The average Bonchev–Trinajstić information content (AvgIpc) is 2.87. The van der Waals surface area contributed by atoms with E-state index < -0.39 is 23.9 Å². The second-order valence-corrected chi connectivity index (χ2v) is 4.95. The van der Waals surface area contributed by atoms with Crippen LogP contribution < -0.4 is 16.4 Å². The fourth-order valence-corrected chi connectivity index (χ4v) is 2.16. The molecule has 0 unspecified atom stereocenters. The molecular formula is C14H16FN3O3. The van der Waals surface area contributed by atoms with Gasteiger partial charge in [0.2, 0.25) is 17.7 Å². The van der Waals surface area contributed by atoms with Crippen molar-refractivity contribution in [1.82, 2.24) is 10.6 Å². The van der Waals surface area contributed by atoms with Crippen molar-refractivity contribution in [3.8, 4) is 0 Å². The molecule has 1 saturated heterocycles. The standard InChI is InChI=1S/C14H16FN3O3/c15-9-3-1-8(2-4-9)7-11(13(16)20)18-14(21)10-5-6-12(19)17-10/h1-4,10-11H,5-7H2,(H2,16,20)(H,17,19)(H,18,21)/t10-,11+/m0/s1. The zero-order valence-electron chi connectivity index (χ0n) is 11.3. The van der Waals surface area contributed by atoms with Crippen molar-refractivity contribution in [3.63, 3.8) is 0 Å². The Morgan fingerprint density at radius 2 is 2.05 bits per heavy atom. The molecule has 1 aliphatic heterocycles. The van der Waals surface area contributed by atoms with Crippen LogP contribution in [0, 0.1) is 5.82 Å². The summed E-state index contributed by atoms with van der Waals surface area (Å²) < 4.78 is 12.8. The van der Waals surface area contributed by atoms with Crippen molar-refractivity contribution in [2.24, 2.45) is 5.73 Å². The fraction of sp³-hybridized carbons (Fsp3) is 0.357. The van der Waals surface area contributed by atoms with Crippen LogP contribution in [0.2, 0.25) is 0 Å². The number of primary amides is 1. The lowest BCUT2D eigenvalue weighted by molar-refractivity contribution is -0.129. The fourth-order valence-electron chi connectivity index (χ4n) is 2.16. The number of rotatable bonds is 5. The third kappa shape index (κ3) is 4.01. The van der Waals surface area contributed by atoms with Crippen molar-refractivity contribution in [2.45, 2.75) is 31.3 Å². The zero-order chi connectivity index (χ0) is 15.4. The number of hydrogen-bond donors (Lipinski definition) is 3. The molecule has 2 rings (SSSR count). The van der Waals surface area contributed by atoms with Gasteiger partial charge in [0.25, 0.3) is 0 Å². The summed E-state index contributed by atoms with van der Waals surface area (Å²) in [7, 11) is 0. The predicted octanol–water partition coefficient (Wildman–Crippen LogP) is -0.383. The zero-order valence-corrected chi connectivity index (χ0v) is 11.3. The van der Waals surface area contributed by atoms with Gasteiger partial charge >= 0.3 is 0 Å². The largest absolute Gasteiger partial charge is 0.368 e. The molecule has 1 aromatic rings. The number of hydrogen-bond acceptors (Lipinski definition) is 3. The first-order valence-electron chi connectivity index (χ1n) is 6.59. The van der Waals surface area contributed by atoms with Gasteiger partial charge in [0.1, 0.15) is 17.9 Å². The molecule has 1 heterocycles. The lowest BCUT2D eigenvalue weighted by Gasteiger charge is -2.18. The summed E-state index contributed by atoms with van der Waals surface area (Å²) >= 11 is 0. The van der Waals surface area contributed by atoms with E-state index in [1.54, 1.807) is 0 Å². The number of carbonyl (C=O) groups is 3. The topological polar surface area (TPSA) is 101 Å². The monoisotopic (exact) mass is 293 g/mol. The van der Waals surface area contributed by atoms with E-state index in [2.05, 4.69) is 10.6 Å². The van der Waals surface area contributed by atoms with E-state index in [0.717, 1.165) is 0 Å². The molecule has 1 fully saturated rings. The van der Waals surface area contributed by atoms with Crippen molar-refractivity contribution in [2.75, 3.05) is 0 Å². The summed E-state index contributed by atoms with van der Waals surface area (Å²) in [5, 5.41) is 5.04. The maximum absolute atomic E-state index is 12.8. The Morgan fingerprint density at radius 3 is 2.57 bits per heavy atom. The molecule has 7 heteroatoms. The van der Waals surface area contributed by atoms with Gasteiger partial charge in [-0.15, -0.1) is 0 Å². The normalized spacial score (nSPS) is 18.9. The molecule has 1 aromatic carbocycles. The third-order valence-corrected chi connectivity index (χ3v) is 3.32. The highest BCUT2D eigenvalue weighted by Gasteiger charge is 2.29. The molecule has 112 valence electrons. The number of amides is 3. The van der Waals surface area contributed by atoms with Crippen LogP contribution in [0.4, 0.5) is 4.39 Å². The molecule has 3 amide bonds. The molecule has 4 N–H and O–H groups in total. The Kier molecular flexibility index (Phi) is 4.52. The van der Waals surface area contributed by atoms with Crippen molar-refractivity contribution >= 4 is 17.7 Å². The van der Waals surface area contributed by atoms with E-state index in [1.807, 2.05) is 0 Å². The number of nitrogens with two attached hydrogens (primary N) is 1. The number of halogens is 1. The van der Waals surface area contributed by atoms with E-state index in [0.29, 0.717) is 12.0 Å². The highest BCUT2D eigenvalue weighted by Crippen LogP contribution is 2.09. The van der Waals surface area contributed by atoms with Gasteiger partial charge in [-0.2, -0.15) is 0 Å². The van der Waals surface area contributed by atoms with Crippen molar-refractivity contribution in [3.05, 3.63) is 35.6 Å². The lowest BCUT2D eigenvalue weighted by atomic mass is 10.0. The van der Waals surface area contributed by atoms with Gasteiger partial charge in [0.15, 0.2) is 0 Å². The summed E-state index contributed by atoms with van der Waals surface area (Å²) in [6.45, 7) is 0. The molecule has 0 bridgehead atoms. The first-order chi connectivity index (χ1) is 9.95. The number of carbonyl (C=O) groups excluding carboxylic acids is 3. The highest BCUT2D eigenvalue weighted by atomic mass is 19.1. The SMILES string of the molecule is NC(=O)[C@@H](Cc1ccc(F)cc1)NC(=O)[C@@H]1CCC(=O)N1. The van der Waals surface area contributed by atoms with Crippen LogP contribution in [0.1, 0.15) is 18.4 Å². The Hall–Kier alpha value is -2.44. The van der Waals surface area contributed by atoms with Gasteiger partial charge in [-0.05, 0) is 24.1 Å². The van der Waals surface area contributed by atoms with E-state index in [-0.39, 0.29) is 24.6 Å². The third-order valence-electron chi connectivity index (χ3n) is 3.32. The van der Waals surface area contributed by atoms with Crippen LogP contribution in [0.15, 0.2) is 24.3 Å². The molecule has 0 spiro atoms. The summed E-state index contributed by atoms with van der Waals surface area (Å²) in [6, 6.07) is 4.05. The van der Waals surface area contributed by atoms with Crippen LogP contribution in [0.5, 0.6) is 0 Å². The summed E-state index contributed by atoms with van der Waals surface area (Å²) in [5.41, 5.74) is 5.95. The highest BCUT2D eigenvalue weighted by molar-refractivity contribution is 5.93. The van der Waals surface area contributed by atoms with Gasteiger partial charge in [0.05, 0.1) is 0 Å².